The van der Waals surface area contributed by atoms with E-state index in [1.807, 2.05) is 43.0 Å². The molecule has 1 saturated heterocycles. The highest BCUT2D eigenvalue weighted by Crippen LogP contribution is 2.31. The summed E-state index contributed by atoms with van der Waals surface area (Å²) < 4.78 is 0. The van der Waals surface area contributed by atoms with E-state index in [4.69, 9.17) is 10.9 Å². The number of amides is 1. The Morgan fingerprint density at radius 1 is 1.38 bits per heavy atom. The molecule has 0 spiro atoms. The van der Waals surface area contributed by atoms with Crippen LogP contribution in [0.3, 0.4) is 0 Å². The van der Waals surface area contributed by atoms with Gasteiger partial charge in [-0.3, -0.25) is 4.79 Å². The largest absolute Gasteiger partial charge is 0.409 e. The number of carbonyl (C=O) groups is 1. The van der Waals surface area contributed by atoms with Gasteiger partial charge in [-0.05, 0) is 30.9 Å². The average molecular weight is 289 g/mol. The zero-order valence-electron chi connectivity index (χ0n) is 12.7. The molecule has 0 atom stereocenters. The van der Waals surface area contributed by atoms with Crippen molar-refractivity contribution in [1.29, 1.82) is 0 Å². The number of rotatable bonds is 3. The maximum Gasteiger partial charge on any atom is 0.227 e. The van der Waals surface area contributed by atoms with E-state index in [0.717, 1.165) is 24.0 Å². The van der Waals surface area contributed by atoms with E-state index in [0.29, 0.717) is 19.5 Å². The van der Waals surface area contributed by atoms with Gasteiger partial charge in [0.1, 0.15) is 5.84 Å². The van der Waals surface area contributed by atoms with Crippen LogP contribution in [0.15, 0.2) is 29.4 Å². The van der Waals surface area contributed by atoms with Crippen LogP contribution in [0.5, 0.6) is 0 Å². The molecule has 5 nitrogen and oxygen atoms in total. The van der Waals surface area contributed by atoms with Crippen molar-refractivity contribution in [2.45, 2.75) is 33.1 Å². The van der Waals surface area contributed by atoms with E-state index in [1.54, 1.807) is 0 Å². The second-order valence-corrected chi connectivity index (χ2v) is 6.03. The molecule has 21 heavy (non-hydrogen) atoms. The Hall–Kier alpha value is -2.04. The number of likely N-dealkylation sites (tertiary alicyclic amines) is 1. The number of hydrogen-bond acceptors (Lipinski definition) is 3. The van der Waals surface area contributed by atoms with E-state index in [2.05, 4.69) is 5.16 Å². The highest BCUT2D eigenvalue weighted by molar-refractivity contribution is 5.86. The Kier molecular flexibility index (Phi) is 4.50. The van der Waals surface area contributed by atoms with Gasteiger partial charge in [-0.2, -0.15) is 0 Å². The number of piperidine rings is 1. The van der Waals surface area contributed by atoms with E-state index >= 15 is 0 Å². The molecule has 0 aromatic heterocycles. The van der Waals surface area contributed by atoms with Gasteiger partial charge in [0.05, 0.1) is 6.42 Å². The SMILES string of the molecule is Cc1ccccc1CC(=O)N1CCC(C)(/C(N)=N/O)CC1. The fraction of sp³-hybridized carbons (Fsp3) is 0.500. The quantitative estimate of drug-likeness (QED) is 0.386. The van der Waals surface area contributed by atoms with Crippen molar-refractivity contribution < 1.29 is 10.0 Å². The molecule has 1 heterocycles. The van der Waals surface area contributed by atoms with Gasteiger partial charge in [0.2, 0.25) is 5.91 Å². The van der Waals surface area contributed by atoms with E-state index in [9.17, 15) is 4.79 Å². The van der Waals surface area contributed by atoms with Gasteiger partial charge < -0.3 is 15.8 Å². The third-order valence-corrected chi connectivity index (χ3v) is 4.55. The van der Waals surface area contributed by atoms with Crippen LogP contribution in [0.25, 0.3) is 0 Å². The molecule has 1 aromatic carbocycles. The zero-order valence-corrected chi connectivity index (χ0v) is 12.7. The smallest absolute Gasteiger partial charge is 0.227 e. The first kappa shape index (κ1) is 15.4. The standard InChI is InChI=1S/C16H23N3O2/c1-12-5-3-4-6-13(12)11-14(20)19-9-7-16(2,8-10-19)15(17)18-21/h3-6,21H,7-11H2,1-2H3,(H2,17,18). The fourth-order valence-corrected chi connectivity index (χ4v) is 2.71. The summed E-state index contributed by atoms with van der Waals surface area (Å²) in [6, 6.07) is 7.96. The van der Waals surface area contributed by atoms with Crippen LogP contribution in [0, 0.1) is 12.3 Å². The second-order valence-electron chi connectivity index (χ2n) is 6.03. The number of carbonyl (C=O) groups excluding carboxylic acids is 1. The number of amidine groups is 1. The zero-order chi connectivity index (χ0) is 15.5. The van der Waals surface area contributed by atoms with Crippen molar-refractivity contribution in [3.8, 4) is 0 Å². The normalized spacial score (nSPS) is 18.6. The van der Waals surface area contributed by atoms with Crippen molar-refractivity contribution in [3.63, 3.8) is 0 Å². The second kappa shape index (κ2) is 6.16. The Morgan fingerprint density at radius 3 is 2.57 bits per heavy atom. The number of nitrogens with zero attached hydrogens (tertiary/aromatic N) is 2. The van der Waals surface area contributed by atoms with Gasteiger partial charge in [-0.25, -0.2) is 0 Å². The third kappa shape index (κ3) is 3.35. The molecule has 0 bridgehead atoms. The number of aryl methyl sites for hydroxylation is 1. The molecular weight excluding hydrogens is 266 g/mol. The molecule has 0 radical (unpaired) electrons. The number of benzene rings is 1. The first-order valence-electron chi connectivity index (χ1n) is 7.26. The molecule has 5 heteroatoms. The topological polar surface area (TPSA) is 78.9 Å². The summed E-state index contributed by atoms with van der Waals surface area (Å²) in [6.07, 6.45) is 1.89. The van der Waals surface area contributed by atoms with Crippen molar-refractivity contribution in [3.05, 3.63) is 35.4 Å². The lowest BCUT2D eigenvalue weighted by molar-refractivity contribution is -0.132. The number of oxime groups is 1. The minimum Gasteiger partial charge on any atom is -0.409 e. The first-order chi connectivity index (χ1) is 9.96. The maximum atomic E-state index is 12.4. The van der Waals surface area contributed by atoms with Crippen molar-refractivity contribution in [1.82, 2.24) is 4.90 Å². The van der Waals surface area contributed by atoms with Gasteiger partial charge in [-0.15, -0.1) is 0 Å². The van der Waals surface area contributed by atoms with Gasteiger partial charge in [0.15, 0.2) is 0 Å². The summed E-state index contributed by atoms with van der Waals surface area (Å²) in [6.45, 7) is 5.30. The number of hydrogen-bond donors (Lipinski definition) is 2. The minimum absolute atomic E-state index is 0.144. The monoisotopic (exact) mass is 289 g/mol. The molecular formula is C16H23N3O2. The highest BCUT2D eigenvalue weighted by Gasteiger charge is 2.35. The van der Waals surface area contributed by atoms with Gasteiger partial charge in [0.25, 0.3) is 0 Å². The van der Waals surface area contributed by atoms with Crippen LogP contribution in [-0.2, 0) is 11.2 Å². The lowest BCUT2D eigenvalue weighted by atomic mass is 9.79. The summed E-state index contributed by atoms with van der Waals surface area (Å²) >= 11 is 0. The molecule has 1 aliphatic heterocycles. The van der Waals surface area contributed by atoms with Crippen LogP contribution >= 0.6 is 0 Å². The van der Waals surface area contributed by atoms with Crippen LogP contribution in [0.1, 0.15) is 30.9 Å². The van der Waals surface area contributed by atoms with Crippen molar-refractivity contribution >= 4 is 11.7 Å². The first-order valence-corrected chi connectivity index (χ1v) is 7.26. The molecule has 2 rings (SSSR count). The summed E-state index contributed by atoms with van der Waals surface area (Å²) in [7, 11) is 0. The summed E-state index contributed by atoms with van der Waals surface area (Å²) in [5, 5.41) is 12.0. The van der Waals surface area contributed by atoms with Crippen LogP contribution < -0.4 is 5.73 Å². The predicted octanol–water partition coefficient (Wildman–Crippen LogP) is 1.91. The van der Waals surface area contributed by atoms with E-state index < -0.39 is 0 Å². The molecule has 1 aromatic rings. The van der Waals surface area contributed by atoms with E-state index in [-0.39, 0.29) is 17.2 Å². The lowest BCUT2D eigenvalue weighted by Crippen LogP contribution is -2.47. The van der Waals surface area contributed by atoms with E-state index in [1.165, 1.54) is 0 Å². The minimum atomic E-state index is -0.311. The number of nitrogens with two attached hydrogens (primary N) is 1. The Labute approximate surface area is 125 Å². The predicted molar refractivity (Wildman–Crippen MR) is 82.2 cm³/mol. The highest BCUT2D eigenvalue weighted by atomic mass is 16.4. The average Bonchev–Trinajstić information content (AvgIpc) is 2.49. The summed E-state index contributed by atoms with van der Waals surface area (Å²) in [4.78, 5) is 14.3. The lowest BCUT2D eigenvalue weighted by Gasteiger charge is -2.38. The summed E-state index contributed by atoms with van der Waals surface area (Å²) in [5.41, 5.74) is 7.65. The molecule has 114 valence electrons. The van der Waals surface area contributed by atoms with Gasteiger partial charge in [0, 0.05) is 18.5 Å². The Balaban J connectivity index is 1.97. The summed E-state index contributed by atoms with van der Waals surface area (Å²) in [5.74, 6) is 0.402. The van der Waals surface area contributed by atoms with Crippen LogP contribution in [-0.4, -0.2) is 34.9 Å². The Morgan fingerprint density at radius 2 is 2.00 bits per heavy atom. The molecule has 1 fully saturated rings. The van der Waals surface area contributed by atoms with Gasteiger partial charge in [-0.1, -0.05) is 36.3 Å². The van der Waals surface area contributed by atoms with Gasteiger partial charge >= 0.3 is 0 Å². The molecule has 1 amide bonds. The van der Waals surface area contributed by atoms with Crippen LogP contribution in [0.4, 0.5) is 0 Å². The fourth-order valence-electron chi connectivity index (χ4n) is 2.71. The third-order valence-electron chi connectivity index (χ3n) is 4.55. The maximum absolute atomic E-state index is 12.4. The molecule has 0 aliphatic carbocycles. The van der Waals surface area contributed by atoms with Crippen LogP contribution in [0.2, 0.25) is 0 Å². The molecule has 0 unspecified atom stereocenters. The Bertz CT molecular complexity index is 546. The molecule has 3 N–H and O–H groups in total. The molecule has 0 saturated carbocycles. The van der Waals surface area contributed by atoms with Crippen molar-refractivity contribution in [2.75, 3.05) is 13.1 Å². The van der Waals surface area contributed by atoms with Crippen molar-refractivity contribution in [2.24, 2.45) is 16.3 Å². The molecule has 1 aliphatic rings.